The second-order valence-corrected chi connectivity index (χ2v) is 8.43. The zero-order valence-corrected chi connectivity index (χ0v) is 15.3. The van der Waals surface area contributed by atoms with Gasteiger partial charge in [-0.25, -0.2) is 17.9 Å². The molecule has 0 amide bonds. The first kappa shape index (κ1) is 18.8. The summed E-state index contributed by atoms with van der Waals surface area (Å²) in [6.07, 6.45) is 0.142. The van der Waals surface area contributed by atoms with Gasteiger partial charge in [0.2, 0.25) is 10.0 Å². The molecule has 0 bridgehead atoms. The first-order valence-electron chi connectivity index (χ1n) is 8.07. The van der Waals surface area contributed by atoms with Gasteiger partial charge >= 0.3 is 5.97 Å². The van der Waals surface area contributed by atoms with E-state index >= 15 is 0 Å². The Balaban J connectivity index is 1.74. The number of benzene rings is 2. The Morgan fingerprint density at radius 2 is 1.85 bits per heavy atom. The first-order valence-corrected chi connectivity index (χ1v) is 9.93. The van der Waals surface area contributed by atoms with Gasteiger partial charge in [-0.1, -0.05) is 29.8 Å². The summed E-state index contributed by atoms with van der Waals surface area (Å²) in [7, 11) is -3.64. The Labute approximate surface area is 156 Å². The third kappa shape index (κ3) is 4.07. The van der Waals surface area contributed by atoms with Crippen LogP contribution in [0.25, 0.3) is 0 Å². The van der Waals surface area contributed by atoms with Gasteiger partial charge in [0.15, 0.2) is 6.10 Å². The molecular weight excluding hydrogens is 378 g/mol. The van der Waals surface area contributed by atoms with Crippen molar-refractivity contribution in [3.05, 3.63) is 64.2 Å². The van der Waals surface area contributed by atoms with Crippen molar-refractivity contribution >= 4 is 27.6 Å². The van der Waals surface area contributed by atoms with Crippen LogP contribution in [0.2, 0.25) is 5.02 Å². The Kier molecular flexibility index (Phi) is 5.34. The SMILES string of the molecule is O=C(O)C(O)c1ccc2c(c1)CCC(NS(=O)(=O)c1ccc(Cl)cc1)C2. The van der Waals surface area contributed by atoms with Gasteiger partial charge < -0.3 is 10.2 Å². The van der Waals surface area contributed by atoms with Crippen LogP contribution in [-0.2, 0) is 27.7 Å². The van der Waals surface area contributed by atoms with E-state index in [1.807, 2.05) is 0 Å². The Morgan fingerprint density at radius 1 is 1.15 bits per heavy atom. The Morgan fingerprint density at radius 3 is 2.50 bits per heavy atom. The number of aryl methyl sites for hydroxylation is 1. The van der Waals surface area contributed by atoms with Gasteiger partial charge in [0.05, 0.1) is 4.90 Å². The average molecular weight is 396 g/mol. The highest BCUT2D eigenvalue weighted by molar-refractivity contribution is 7.89. The van der Waals surface area contributed by atoms with Crippen molar-refractivity contribution in [1.29, 1.82) is 0 Å². The van der Waals surface area contributed by atoms with Crippen LogP contribution in [0.4, 0.5) is 0 Å². The van der Waals surface area contributed by atoms with E-state index in [0.717, 1.165) is 11.1 Å². The maximum atomic E-state index is 12.5. The molecule has 0 aliphatic heterocycles. The zero-order valence-electron chi connectivity index (χ0n) is 13.7. The lowest BCUT2D eigenvalue weighted by molar-refractivity contribution is -0.146. The molecule has 0 aromatic heterocycles. The molecule has 2 aromatic rings. The van der Waals surface area contributed by atoms with Crippen LogP contribution in [0.15, 0.2) is 47.4 Å². The highest BCUT2D eigenvalue weighted by atomic mass is 35.5. The molecule has 0 saturated carbocycles. The molecule has 0 radical (unpaired) electrons. The number of fused-ring (bicyclic) bond motifs is 1. The van der Waals surface area contributed by atoms with Crippen molar-refractivity contribution in [3.8, 4) is 0 Å². The number of hydrogen-bond acceptors (Lipinski definition) is 4. The summed E-state index contributed by atoms with van der Waals surface area (Å²) in [5.74, 6) is -1.30. The molecule has 1 aliphatic rings. The van der Waals surface area contributed by atoms with Gasteiger partial charge in [-0.2, -0.15) is 0 Å². The monoisotopic (exact) mass is 395 g/mol. The molecule has 138 valence electrons. The number of carbonyl (C=O) groups is 1. The van der Waals surface area contributed by atoms with Crippen molar-refractivity contribution in [2.24, 2.45) is 0 Å². The highest BCUT2D eigenvalue weighted by Gasteiger charge is 2.25. The molecule has 0 fully saturated rings. The van der Waals surface area contributed by atoms with Gasteiger partial charge in [-0.15, -0.1) is 0 Å². The predicted molar refractivity (Wildman–Crippen MR) is 96.6 cm³/mol. The molecule has 0 heterocycles. The highest BCUT2D eigenvalue weighted by Crippen LogP contribution is 2.26. The second-order valence-electron chi connectivity index (χ2n) is 6.28. The second kappa shape index (κ2) is 7.36. The first-order chi connectivity index (χ1) is 12.3. The summed E-state index contributed by atoms with van der Waals surface area (Å²) in [5, 5.41) is 19.0. The van der Waals surface area contributed by atoms with Gasteiger partial charge in [0.1, 0.15) is 0 Å². The molecule has 2 aromatic carbocycles. The molecule has 3 rings (SSSR count). The minimum absolute atomic E-state index is 0.160. The maximum Gasteiger partial charge on any atom is 0.337 e. The topological polar surface area (TPSA) is 104 Å². The molecule has 2 atom stereocenters. The van der Waals surface area contributed by atoms with Crippen LogP contribution in [0.1, 0.15) is 29.2 Å². The number of aliphatic hydroxyl groups is 1. The van der Waals surface area contributed by atoms with Crippen LogP contribution in [0, 0.1) is 0 Å². The van der Waals surface area contributed by atoms with E-state index in [1.54, 1.807) is 18.2 Å². The zero-order chi connectivity index (χ0) is 18.9. The van der Waals surface area contributed by atoms with Gasteiger partial charge in [0.25, 0.3) is 0 Å². The maximum absolute atomic E-state index is 12.5. The molecule has 0 saturated heterocycles. The summed E-state index contributed by atoms with van der Waals surface area (Å²) in [6, 6.07) is 10.7. The van der Waals surface area contributed by atoms with Gasteiger partial charge in [0, 0.05) is 11.1 Å². The van der Waals surface area contributed by atoms with E-state index in [9.17, 15) is 18.3 Å². The summed E-state index contributed by atoms with van der Waals surface area (Å²) < 4.78 is 27.7. The fourth-order valence-electron chi connectivity index (χ4n) is 3.09. The van der Waals surface area contributed by atoms with Crippen molar-refractivity contribution in [1.82, 2.24) is 4.72 Å². The number of nitrogens with one attached hydrogen (secondary N) is 1. The lowest BCUT2D eigenvalue weighted by Crippen LogP contribution is -2.38. The van der Waals surface area contributed by atoms with E-state index in [-0.39, 0.29) is 10.9 Å². The normalized spacial score (nSPS) is 18.2. The third-order valence-corrected chi connectivity index (χ3v) is 6.24. The summed E-state index contributed by atoms with van der Waals surface area (Å²) in [5.41, 5.74) is 2.21. The van der Waals surface area contributed by atoms with Crippen LogP contribution in [0.3, 0.4) is 0 Å². The number of rotatable bonds is 5. The average Bonchev–Trinajstić information content (AvgIpc) is 2.60. The van der Waals surface area contributed by atoms with E-state index in [4.69, 9.17) is 16.7 Å². The van der Waals surface area contributed by atoms with Crippen LogP contribution in [0.5, 0.6) is 0 Å². The van der Waals surface area contributed by atoms with Gasteiger partial charge in [-0.3, -0.25) is 0 Å². The number of aliphatic carboxylic acids is 1. The summed E-state index contributed by atoms with van der Waals surface area (Å²) >= 11 is 5.79. The fraction of sp³-hybridized carbons (Fsp3) is 0.278. The molecule has 0 spiro atoms. The molecule has 8 heteroatoms. The molecular formula is C18H18ClNO5S. The number of halogens is 1. The van der Waals surface area contributed by atoms with Crippen LogP contribution in [-0.4, -0.2) is 30.6 Å². The number of carboxylic acid groups (broad SMARTS) is 1. The molecule has 3 N–H and O–H groups in total. The van der Waals surface area contributed by atoms with Crippen LogP contribution >= 0.6 is 11.6 Å². The third-order valence-electron chi connectivity index (χ3n) is 4.45. The van der Waals surface area contributed by atoms with Crippen molar-refractivity contribution < 1.29 is 23.4 Å². The molecule has 1 aliphatic carbocycles. The number of carboxylic acids is 1. The van der Waals surface area contributed by atoms with Crippen molar-refractivity contribution in [2.45, 2.75) is 36.3 Å². The van der Waals surface area contributed by atoms with E-state index in [1.165, 1.54) is 24.3 Å². The lowest BCUT2D eigenvalue weighted by Gasteiger charge is -2.26. The number of aliphatic hydroxyl groups excluding tert-OH is 1. The molecule has 26 heavy (non-hydrogen) atoms. The minimum atomic E-state index is -3.64. The minimum Gasteiger partial charge on any atom is -0.479 e. The molecule has 2 unspecified atom stereocenters. The lowest BCUT2D eigenvalue weighted by atomic mass is 9.87. The van der Waals surface area contributed by atoms with Crippen molar-refractivity contribution in [3.63, 3.8) is 0 Å². The van der Waals surface area contributed by atoms with E-state index in [0.29, 0.717) is 29.8 Å². The van der Waals surface area contributed by atoms with Gasteiger partial charge in [-0.05, 0) is 60.2 Å². The van der Waals surface area contributed by atoms with E-state index in [2.05, 4.69) is 4.72 Å². The fourth-order valence-corrected chi connectivity index (χ4v) is 4.49. The quantitative estimate of drug-likeness (QED) is 0.720. The summed E-state index contributed by atoms with van der Waals surface area (Å²) in [4.78, 5) is 11.1. The number of sulfonamides is 1. The molecule has 6 nitrogen and oxygen atoms in total. The van der Waals surface area contributed by atoms with Crippen LogP contribution < -0.4 is 4.72 Å². The largest absolute Gasteiger partial charge is 0.479 e. The smallest absolute Gasteiger partial charge is 0.337 e. The summed E-state index contributed by atoms with van der Waals surface area (Å²) in [6.45, 7) is 0. The Bertz CT molecular complexity index is 927. The standard InChI is InChI=1S/C18H18ClNO5S/c19-14-4-7-16(8-5-14)26(24,25)20-15-6-3-11-9-13(17(21)18(22)23)2-1-12(11)10-15/h1-2,4-5,7-9,15,17,20-21H,3,6,10H2,(H,22,23). The van der Waals surface area contributed by atoms with E-state index < -0.39 is 22.1 Å². The predicted octanol–water partition coefficient (Wildman–Crippen LogP) is 2.29. The Hall–Kier alpha value is -1.93. The number of hydrogen-bond donors (Lipinski definition) is 3. The van der Waals surface area contributed by atoms with Crippen molar-refractivity contribution in [2.75, 3.05) is 0 Å².